The highest BCUT2D eigenvalue weighted by molar-refractivity contribution is 5.79. The van der Waals surface area contributed by atoms with Crippen molar-refractivity contribution in [1.82, 2.24) is 19.7 Å². The van der Waals surface area contributed by atoms with Gasteiger partial charge < -0.3 is 14.5 Å². The van der Waals surface area contributed by atoms with Crippen LogP contribution in [-0.2, 0) is 11.3 Å². The Morgan fingerprint density at radius 3 is 2.47 bits per heavy atom. The molecule has 1 amide bonds. The molecule has 4 rings (SSSR count). The number of nitrogens with zero attached hydrogens (tertiary/aromatic N) is 5. The number of methoxy groups -OCH3 is 1. The Bertz CT molecular complexity index is 1020. The van der Waals surface area contributed by atoms with E-state index in [0.717, 1.165) is 41.3 Å². The van der Waals surface area contributed by atoms with Crippen LogP contribution in [0.2, 0.25) is 0 Å². The molecule has 7 nitrogen and oxygen atoms in total. The minimum Gasteiger partial charge on any atom is -0.481 e. The van der Waals surface area contributed by atoms with E-state index >= 15 is 0 Å². The van der Waals surface area contributed by atoms with Crippen LogP contribution in [0.3, 0.4) is 0 Å². The summed E-state index contributed by atoms with van der Waals surface area (Å²) in [5, 5.41) is 4.41. The van der Waals surface area contributed by atoms with Crippen LogP contribution in [0.25, 0.3) is 11.1 Å². The van der Waals surface area contributed by atoms with Gasteiger partial charge >= 0.3 is 0 Å². The van der Waals surface area contributed by atoms with Crippen molar-refractivity contribution in [3.8, 4) is 17.0 Å². The maximum Gasteiger partial charge on any atom is 0.244 e. The summed E-state index contributed by atoms with van der Waals surface area (Å²) in [6, 6.07) is 14.2. The average Bonchev–Trinajstić information content (AvgIpc) is 3.10. The summed E-state index contributed by atoms with van der Waals surface area (Å²) in [6.07, 6.45) is 1.84. The Kier molecular flexibility index (Phi) is 5.70. The van der Waals surface area contributed by atoms with Crippen molar-refractivity contribution in [2.45, 2.75) is 20.4 Å². The second kappa shape index (κ2) is 8.57. The van der Waals surface area contributed by atoms with Crippen molar-refractivity contribution in [3.05, 3.63) is 60.0 Å². The molecule has 1 aliphatic heterocycles. The summed E-state index contributed by atoms with van der Waals surface area (Å²) in [5.74, 6) is 0.722. The summed E-state index contributed by atoms with van der Waals surface area (Å²) in [5.41, 5.74) is 5.30. The number of aromatic nitrogens is 3. The van der Waals surface area contributed by atoms with Crippen molar-refractivity contribution in [3.63, 3.8) is 0 Å². The Hall–Kier alpha value is -3.35. The van der Waals surface area contributed by atoms with Gasteiger partial charge in [0.1, 0.15) is 6.54 Å². The first-order chi connectivity index (χ1) is 14.5. The summed E-state index contributed by atoms with van der Waals surface area (Å²) < 4.78 is 6.96. The lowest BCUT2D eigenvalue weighted by atomic mass is 10.0. The predicted octanol–water partition coefficient (Wildman–Crippen LogP) is 2.92. The molecule has 3 aromatic rings. The molecule has 2 aromatic heterocycles. The maximum absolute atomic E-state index is 12.7. The van der Waals surface area contributed by atoms with Crippen molar-refractivity contribution < 1.29 is 9.53 Å². The van der Waals surface area contributed by atoms with Gasteiger partial charge in [-0.05, 0) is 32.0 Å². The number of piperazine rings is 1. The monoisotopic (exact) mass is 405 g/mol. The van der Waals surface area contributed by atoms with Crippen LogP contribution in [0, 0.1) is 13.8 Å². The number of amides is 1. The van der Waals surface area contributed by atoms with Crippen LogP contribution in [0.15, 0.2) is 48.7 Å². The Balaban J connectivity index is 1.44. The lowest BCUT2D eigenvalue weighted by Gasteiger charge is -2.37. The summed E-state index contributed by atoms with van der Waals surface area (Å²) in [6.45, 7) is 7.22. The van der Waals surface area contributed by atoms with Crippen LogP contribution in [0.5, 0.6) is 5.88 Å². The van der Waals surface area contributed by atoms with E-state index in [-0.39, 0.29) is 5.91 Å². The van der Waals surface area contributed by atoms with Gasteiger partial charge in [0.15, 0.2) is 0 Å². The Morgan fingerprint density at radius 2 is 1.83 bits per heavy atom. The zero-order valence-corrected chi connectivity index (χ0v) is 17.7. The Morgan fingerprint density at radius 1 is 1.07 bits per heavy atom. The topological polar surface area (TPSA) is 63.5 Å². The average molecular weight is 406 g/mol. The second-order valence-corrected chi connectivity index (χ2v) is 7.56. The van der Waals surface area contributed by atoms with Gasteiger partial charge in [-0.15, -0.1) is 0 Å². The van der Waals surface area contributed by atoms with Gasteiger partial charge in [0, 0.05) is 61.0 Å². The van der Waals surface area contributed by atoms with E-state index in [1.165, 1.54) is 0 Å². The summed E-state index contributed by atoms with van der Waals surface area (Å²) >= 11 is 0. The number of anilines is 1. The third-order valence-electron chi connectivity index (χ3n) is 5.52. The van der Waals surface area contributed by atoms with E-state index in [0.29, 0.717) is 25.5 Å². The molecule has 1 saturated heterocycles. The first-order valence-electron chi connectivity index (χ1n) is 10.2. The molecule has 30 heavy (non-hydrogen) atoms. The van der Waals surface area contributed by atoms with E-state index in [1.54, 1.807) is 11.8 Å². The third-order valence-corrected chi connectivity index (χ3v) is 5.52. The SMILES string of the molecule is COc1ccc(-c2ccccc2N2CCN(C(=O)Cn3nc(C)cc3C)CC2)cn1. The van der Waals surface area contributed by atoms with Crippen molar-refractivity contribution in [2.24, 2.45) is 0 Å². The highest BCUT2D eigenvalue weighted by Gasteiger charge is 2.23. The number of ether oxygens (including phenoxy) is 1. The smallest absolute Gasteiger partial charge is 0.244 e. The largest absolute Gasteiger partial charge is 0.481 e. The van der Waals surface area contributed by atoms with Gasteiger partial charge in [-0.1, -0.05) is 18.2 Å². The molecular weight excluding hydrogens is 378 g/mol. The van der Waals surface area contributed by atoms with Crippen LogP contribution in [0.1, 0.15) is 11.4 Å². The molecule has 1 aliphatic rings. The minimum atomic E-state index is 0.119. The van der Waals surface area contributed by atoms with Crippen molar-refractivity contribution in [2.75, 3.05) is 38.2 Å². The number of benzene rings is 1. The molecule has 0 N–H and O–H groups in total. The number of pyridine rings is 1. The molecule has 1 aromatic carbocycles. The summed E-state index contributed by atoms with van der Waals surface area (Å²) in [7, 11) is 1.62. The lowest BCUT2D eigenvalue weighted by molar-refractivity contribution is -0.132. The molecule has 0 spiro atoms. The third kappa shape index (κ3) is 4.15. The number of carbonyl (C=O) groups is 1. The molecular formula is C23H27N5O2. The number of para-hydroxylation sites is 1. The van der Waals surface area contributed by atoms with Gasteiger partial charge in [0.25, 0.3) is 0 Å². The maximum atomic E-state index is 12.7. The molecule has 7 heteroatoms. The van der Waals surface area contributed by atoms with Gasteiger partial charge in [0.2, 0.25) is 11.8 Å². The van der Waals surface area contributed by atoms with Gasteiger partial charge in [-0.2, -0.15) is 5.10 Å². The van der Waals surface area contributed by atoms with Crippen LogP contribution in [-0.4, -0.2) is 58.9 Å². The molecule has 0 bridgehead atoms. The van der Waals surface area contributed by atoms with E-state index in [2.05, 4.69) is 33.2 Å². The molecule has 0 saturated carbocycles. The first-order valence-corrected chi connectivity index (χ1v) is 10.2. The highest BCUT2D eigenvalue weighted by Crippen LogP contribution is 2.31. The van der Waals surface area contributed by atoms with Crippen LogP contribution in [0.4, 0.5) is 5.69 Å². The number of carbonyl (C=O) groups excluding carboxylic acids is 1. The van der Waals surface area contributed by atoms with Gasteiger partial charge in [-0.3, -0.25) is 9.48 Å². The van der Waals surface area contributed by atoms with Crippen LogP contribution < -0.4 is 9.64 Å². The fourth-order valence-corrected chi connectivity index (χ4v) is 3.91. The van der Waals surface area contributed by atoms with E-state index in [1.807, 2.05) is 49.2 Å². The second-order valence-electron chi connectivity index (χ2n) is 7.56. The van der Waals surface area contributed by atoms with E-state index in [4.69, 9.17) is 4.74 Å². The lowest BCUT2D eigenvalue weighted by Crippen LogP contribution is -2.49. The zero-order valence-electron chi connectivity index (χ0n) is 17.7. The summed E-state index contributed by atoms with van der Waals surface area (Å²) in [4.78, 5) is 21.4. The molecule has 0 atom stereocenters. The van der Waals surface area contributed by atoms with Crippen molar-refractivity contribution in [1.29, 1.82) is 0 Å². The quantitative estimate of drug-likeness (QED) is 0.653. The van der Waals surface area contributed by atoms with Crippen molar-refractivity contribution >= 4 is 11.6 Å². The minimum absolute atomic E-state index is 0.119. The fraction of sp³-hybridized carbons (Fsp3) is 0.348. The fourth-order valence-electron chi connectivity index (χ4n) is 3.91. The molecule has 3 heterocycles. The van der Waals surface area contributed by atoms with E-state index < -0.39 is 0 Å². The van der Waals surface area contributed by atoms with Gasteiger partial charge in [0.05, 0.1) is 12.8 Å². The molecule has 1 fully saturated rings. The number of aryl methyl sites for hydroxylation is 2. The van der Waals surface area contributed by atoms with E-state index in [9.17, 15) is 4.79 Å². The zero-order chi connectivity index (χ0) is 21.1. The number of hydrogen-bond donors (Lipinski definition) is 0. The molecule has 0 radical (unpaired) electrons. The first kappa shape index (κ1) is 19.9. The molecule has 0 aliphatic carbocycles. The number of hydrogen-bond acceptors (Lipinski definition) is 5. The number of rotatable bonds is 5. The molecule has 156 valence electrons. The highest BCUT2D eigenvalue weighted by atomic mass is 16.5. The van der Waals surface area contributed by atoms with Gasteiger partial charge in [-0.25, -0.2) is 4.98 Å². The standard InChI is InChI=1S/C23H27N5O2/c1-17-14-18(2)28(25-17)16-23(29)27-12-10-26(11-13-27)21-7-5-4-6-20(21)19-8-9-22(30-3)24-15-19/h4-9,14-15H,10-13,16H2,1-3H3. The van der Waals surface area contributed by atoms with Crippen LogP contribution >= 0.6 is 0 Å². The normalized spacial score (nSPS) is 14.1. The molecule has 0 unspecified atom stereocenters. The predicted molar refractivity (Wildman–Crippen MR) is 117 cm³/mol. The Labute approximate surface area is 176 Å².